The summed E-state index contributed by atoms with van der Waals surface area (Å²) < 4.78 is 0. The molecule has 8 nitrogen and oxygen atoms in total. The molecule has 0 aromatic carbocycles. The molecule has 45 heavy (non-hydrogen) atoms. The molecule has 2 atom stereocenters. The van der Waals surface area contributed by atoms with Crippen molar-refractivity contribution in [3.8, 4) is 0 Å². The van der Waals surface area contributed by atoms with E-state index in [9.17, 15) is 14.4 Å². The summed E-state index contributed by atoms with van der Waals surface area (Å²) in [6.45, 7) is 6.11. The van der Waals surface area contributed by atoms with Crippen molar-refractivity contribution < 1.29 is 24.6 Å². The first-order chi connectivity index (χ1) is 21.7. The molecule has 0 saturated heterocycles. The monoisotopic (exact) mass is 655 g/mol. The molecule has 0 aliphatic rings. The van der Waals surface area contributed by atoms with E-state index >= 15 is 0 Å². The zero-order valence-corrected chi connectivity index (χ0v) is 30.2. The maximum absolute atomic E-state index is 13.2. The number of aliphatic carboxylic acids is 2. The summed E-state index contributed by atoms with van der Waals surface area (Å²) in [5.41, 5.74) is 3.33. The molecule has 0 rings (SSSR count). The van der Waals surface area contributed by atoms with E-state index in [0.717, 1.165) is 89.5 Å². The molecule has 9 heteroatoms. The molecule has 0 aliphatic heterocycles. The number of rotatable bonds is 32. The predicted octanol–water partition coefficient (Wildman–Crippen LogP) is 9.54. The molecular formula is C36H69N3O5S. The third kappa shape index (κ3) is 28.4. The first-order valence-electron chi connectivity index (χ1n) is 18.1. The molecule has 0 aromatic heterocycles. The molecule has 0 aliphatic carbocycles. The molecule has 0 aromatic rings. The molecular weight excluding hydrogens is 586 g/mol. The summed E-state index contributed by atoms with van der Waals surface area (Å²) in [6, 6.07) is 0.219. The number of allylic oxidation sites excluding steroid dienone is 2. The number of unbranched alkanes of at least 4 members (excludes halogenated alkanes) is 13. The van der Waals surface area contributed by atoms with Gasteiger partial charge >= 0.3 is 11.9 Å². The number of hydrogen-bond acceptors (Lipinski definition) is 6. The lowest BCUT2D eigenvalue weighted by Crippen LogP contribution is -2.51. The van der Waals surface area contributed by atoms with Gasteiger partial charge in [-0.2, -0.15) is 0 Å². The molecule has 0 spiro atoms. The maximum Gasteiger partial charge on any atom is 0.303 e. The van der Waals surface area contributed by atoms with Crippen LogP contribution in [0.3, 0.4) is 0 Å². The number of carboxylic acid groups (broad SMARTS) is 2. The van der Waals surface area contributed by atoms with E-state index < -0.39 is 11.9 Å². The van der Waals surface area contributed by atoms with Crippen LogP contribution >= 0.6 is 11.8 Å². The number of hydrogen-bond donors (Lipinski definition) is 3. The highest BCUT2D eigenvalue weighted by molar-refractivity contribution is 8.13. The largest absolute Gasteiger partial charge is 0.481 e. The number of nitrogens with one attached hydrogen (secondary N) is 1. The smallest absolute Gasteiger partial charge is 0.303 e. The zero-order valence-electron chi connectivity index (χ0n) is 29.4. The predicted molar refractivity (Wildman–Crippen MR) is 191 cm³/mol. The van der Waals surface area contributed by atoms with E-state index in [0.29, 0.717) is 18.8 Å². The Labute approximate surface area is 280 Å². The van der Waals surface area contributed by atoms with Gasteiger partial charge in [0.05, 0.1) is 0 Å². The van der Waals surface area contributed by atoms with Crippen LogP contribution in [-0.2, 0) is 9.59 Å². The van der Waals surface area contributed by atoms with Gasteiger partial charge in [-0.05, 0) is 71.4 Å². The Balaban J connectivity index is 5.79. The third-order valence-corrected chi connectivity index (χ3v) is 9.13. The van der Waals surface area contributed by atoms with Crippen LogP contribution in [0.1, 0.15) is 155 Å². The van der Waals surface area contributed by atoms with E-state index in [1.165, 1.54) is 56.7 Å². The Morgan fingerprint density at radius 1 is 0.689 bits per heavy atom. The van der Waals surface area contributed by atoms with Crippen LogP contribution in [-0.4, -0.2) is 76.3 Å². The van der Waals surface area contributed by atoms with Crippen molar-refractivity contribution in [3.63, 3.8) is 0 Å². The molecule has 0 fully saturated rings. The van der Waals surface area contributed by atoms with Crippen LogP contribution in [0.2, 0.25) is 0 Å². The SMILES string of the molecule is CCCCC/C=C\CC(CCCCCC)C(CCCCCCC(=O)O)N(CCCCCCCC(=O)O)NC(=O)SCCN(C)C. The summed E-state index contributed by atoms with van der Waals surface area (Å²) in [5.74, 6) is -0.281. The van der Waals surface area contributed by atoms with Crippen molar-refractivity contribution >= 4 is 28.9 Å². The molecule has 3 N–H and O–H groups in total. The molecule has 0 heterocycles. The fourth-order valence-electron chi connectivity index (χ4n) is 5.69. The van der Waals surface area contributed by atoms with Crippen LogP contribution in [0.4, 0.5) is 4.79 Å². The average Bonchev–Trinajstić information content (AvgIpc) is 2.98. The van der Waals surface area contributed by atoms with Gasteiger partial charge in [0, 0.05) is 37.7 Å². The number of carboxylic acids is 2. The first-order valence-corrected chi connectivity index (χ1v) is 19.1. The van der Waals surface area contributed by atoms with Crippen molar-refractivity contribution in [1.29, 1.82) is 0 Å². The van der Waals surface area contributed by atoms with Gasteiger partial charge < -0.3 is 15.1 Å². The molecule has 2 unspecified atom stereocenters. The van der Waals surface area contributed by atoms with Gasteiger partial charge in [0.15, 0.2) is 0 Å². The van der Waals surface area contributed by atoms with Gasteiger partial charge in [0.2, 0.25) is 0 Å². The van der Waals surface area contributed by atoms with Crippen molar-refractivity contribution in [2.45, 2.75) is 161 Å². The number of carbonyl (C=O) groups is 3. The summed E-state index contributed by atoms with van der Waals surface area (Å²) in [6.07, 6.45) is 26.3. The van der Waals surface area contributed by atoms with Gasteiger partial charge in [-0.15, -0.1) is 0 Å². The quantitative estimate of drug-likeness (QED) is 0.0373. The standard InChI is InChI=1S/C36H69N3O5S/c1-5-7-9-11-13-19-25-32(24-18-10-8-6-2)33(26-20-15-16-22-28-35(42)43)39(37-36(44)45-31-30-38(3)4)29-23-17-12-14-21-27-34(40)41/h13,19,32-33H,5-12,14-18,20-31H2,1-4H3,(H,37,44)(H,40,41)(H,42,43)/b19-13-. The fraction of sp³-hybridized carbons (Fsp3) is 0.861. The highest BCUT2D eigenvalue weighted by Crippen LogP contribution is 2.28. The van der Waals surface area contributed by atoms with Crippen LogP contribution < -0.4 is 5.43 Å². The van der Waals surface area contributed by atoms with E-state index in [4.69, 9.17) is 10.2 Å². The topological polar surface area (TPSA) is 110 Å². The number of nitrogens with zero attached hydrogens (tertiary/aromatic N) is 2. The number of carbonyl (C=O) groups excluding carboxylic acids is 1. The zero-order chi connectivity index (χ0) is 33.5. The van der Waals surface area contributed by atoms with E-state index in [2.05, 4.69) is 41.3 Å². The highest BCUT2D eigenvalue weighted by Gasteiger charge is 2.28. The number of amides is 1. The van der Waals surface area contributed by atoms with Gasteiger partial charge in [-0.25, -0.2) is 5.01 Å². The van der Waals surface area contributed by atoms with Gasteiger partial charge in [-0.3, -0.25) is 19.8 Å². The van der Waals surface area contributed by atoms with E-state index in [1.807, 2.05) is 14.1 Å². The third-order valence-electron chi connectivity index (χ3n) is 8.39. The second kappa shape index (κ2) is 31.0. The molecule has 0 saturated carbocycles. The number of thioether (sulfide) groups is 1. The van der Waals surface area contributed by atoms with E-state index in [-0.39, 0.29) is 24.1 Å². The van der Waals surface area contributed by atoms with Crippen molar-refractivity contribution in [2.24, 2.45) is 5.92 Å². The minimum absolute atomic E-state index is 0.00427. The van der Waals surface area contributed by atoms with Gasteiger partial charge in [0.1, 0.15) is 0 Å². The Hall–Kier alpha value is -1.58. The van der Waals surface area contributed by atoms with Gasteiger partial charge in [0.25, 0.3) is 5.24 Å². The lowest BCUT2D eigenvalue weighted by Gasteiger charge is -2.37. The summed E-state index contributed by atoms with van der Waals surface area (Å²) >= 11 is 1.35. The minimum atomic E-state index is -0.731. The first kappa shape index (κ1) is 43.4. The fourth-order valence-corrected chi connectivity index (χ4v) is 6.52. The lowest BCUT2D eigenvalue weighted by atomic mass is 9.86. The molecule has 1 amide bonds. The Kier molecular flexibility index (Phi) is 30.0. The van der Waals surface area contributed by atoms with Crippen LogP contribution in [0.15, 0.2) is 12.2 Å². The number of hydrazine groups is 1. The summed E-state index contributed by atoms with van der Waals surface area (Å²) in [7, 11) is 4.04. The normalized spacial score (nSPS) is 13.1. The molecule has 264 valence electrons. The average molecular weight is 656 g/mol. The van der Waals surface area contributed by atoms with Crippen LogP contribution in [0, 0.1) is 5.92 Å². The Morgan fingerprint density at radius 2 is 1.24 bits per heavy atom. The van der Waals surface area contributed by atoms with Crippen LogP contribution in [0.5, 0.6) is 0 Å². The summed E-state index contributed by atoms with van der Waals surface area (Å²) in [5, 5.41) is 20.2. The lowest BCUT2D eigenvalue weighted by molar-refractivity contribution is -0.138. The molecule has 0 radical (unpaired) electrons. The van der Waals surface area contributed by atoms with Gasteiger partial charge in [-0.1, -0.05) is 115 Å². The van der Waals surface area contributed by atoms with Crippen molar-refractivity contribution in [1.82, 2.24) is 15.3 Å². The van der Waals surface area contributed by atoms with Crippen molar-refractivity contribution in [2.75, 3.05) is 32.9 Å². The molecule has 0 bridgehead atoms. The van der Waals surface area contributed by atoms with Crippen LogP contribution in [0.25, 0.3) is 0 Å². The Bertz CT molecular complexity index is 765. The Morgan fingerprint density at radius 3 is 1.87 bits per heavy atom. The van der Waals surface area contributed by atoms with Crippen molar-refractivity contribution in [3.05, 3.63) is 12.2 Å². The highest BCUT2D eigenvalue weighted by atomic mass is 32.2. The minimum Gasteiger partial charge on any atom is -0.481 e. The van der Waals surface area contributed by atoms with E-state index in [1.54, 1.807) is 0 Å². The second-order valence-corrected chi connectivity index (χ2v) is 13.9. The maximum atomic E-state index is 13.2. The second-order valence-electron chi connectivity index (χ2n) is 12.9. The summed E-state index contributed by atoms with van der Waals surface area (Å²) in [4.78, 5) is 37.2.